The third kappa shape index (κ3) is 5.16. The number of rotatable bonds is 3. The Hall–Kier alpha value is -1.30. The fraction of sp³-hybridized carbons (Fsp3) is 0.500. The van der Waals surface area contributed by atoms with Crippen LogP contribution in [0.5, 0.6) is 0 Å². The third-order valence-corrected chi connectivity index (χ3v) is 1.01. The molecule has 0 aliphatic carbocycles. The molecule has 0 unspecified atom stereocenters. The van der Waals surface area contributed by atoms with Crippen LogP contribution in [-0.2, 0) is 4.79 Å². The van der Waals surface area contributed by atoms with Crippen LogP contribution in [0.1, 0.15) is 20.3 Å². The smallest absolute Gasteiger partial charge is 0.0947 e. The monoisotopic (exact) mass is 152 g/mol. The molecular formula is C8H10NO2-. The first kappa shape index (κ1) is 9.70. The number of hydrogen-bond donors (Lipinski definition) is 0. The molecule has 0 bridgehead atoms. The molecule has 0 aromatic rings. The molecule has 0 saturated carbocycles. The lowest BCUT2D eigenvalue weighted by Crippen LogP contribution is -2.22. The highest BCUT2D eigenvalue weighted by Gasteiger charge is 1.96. The minimum Gasteiger partial charge on any atom is -0.550 e. The number of nitrogens with zero attached hydrogens (tertiary/aromatic N) is 1. The van der Waals surface area contributed by atoms with E-state index in [-0.39, 0.29) is 17.9 Å². The number of hydrogen-bond acceptors (Lipinski definition) is 3. The summed E-state index contributed by atoms with van der Waals surface area (Å²) in [7, 11) is 0. The van der Waals surface area contributed by atoms with Crippen molar-refractivity contribution in [3.8, 4) is 6.07 Å². The molecule has 60 valence electrons. The van der Waals surface area contributed by atoms with Gasteiger partial charge in [-0.1, -0.05) is 19.9 Å². The van der Waals surface area contributed by atoms with Crippen molar-refractivity contribution in [1.29, 1.82) is 5.26 Å². The minimum absolute atomic E-state index is 0.198. The second-order valence-corrected chi connectivity index (χ2v) is 2.60. The molecule has 0 aliphatic heterocycles. The fourth-order valence-corrected chi connectivity index (χ4v) is 0.694. The largest absolute Gasteiger partial charge is 0.550 e. The molecule has 0 aliphatic rings. The number of carboxylic acid groups (broad SMARTS) is 1. The Labute approximate surface area is 66.0 Å². The van der Waals surface area contributed by atoms with Crippen molar-refractivity contribution in [3.63, 3.8) is 0 Å². The van der Waals surface area contributed by atoms with Crippen LogP contribution in [0.25, 0.3) is 0 Å². The molecule has 0 saturated heterocycles. The molecule has 0 atom stereocenters. The molecule has 11 heavy (non-hydrogen) atoms. The van der Waals surface area contributed by atoms with Crippen molar-refractivity contribution in [2.75, 3.05) is 0 Å². The van der Waals surface area contributed by atoms with Crippen LogP contribution in [0.4, 0.5) is 0 Å². The van der Waals surface area contributed by atoms with Crippen LogP contribution in [0, 0.1) is 17.2 Å². The van der Waals surface area contributed by atoms with Gasteiger partial charge in [-0.2, -0.15) is 5.26 Å². The summed E-state index contributed by atoms with van der Waals surface area (Å²) in [6.45, 7) is 3.76. The van der Waals surface area contributed by atoms with Crippen LogP contribution in [0.2, 0.25) is 0 Å². The van der Waals surface area contributed by atoms with Gasteiger partial charge in [-0.15, -0.1) is 0 Å². The molecular weight excluding hydrogens is 142 g/mol. The molecule has 0 aromatic heterocycles. The van der Waals surface area contributed by atoms with E-state index in [1.807, 2.05) is 13.8 Å². The highest BCUT2D eigenvalue weighted by molar-refractivity contribution is 5.69. The maximum Gasteiger partial charge on any atom is 0.0947 e. The number of carbonyl (C=O) groups is 1. The van der Waals surface area contributed by atoms with Crippen molar-refractivity contribution in [1.82, 2.24) is 0 Å². The fourth-order valence-electron chi connectivity index (χ4n) is 0.694. The van der Waals surface area contributed by atoms with Crippen molar-refractivity contribution < 1.29 is 9.90 Å². The van der Waals surface area contributed by atoms with Crippen LogP contribution in [0.3, 0.4) is 0 Å². The Balaban J connectivity index is 4.20. The lowest BCUT2D eigenvalue weighted by Gasteiger charge is -2.00. The summed E-state index contributed by atoms with van der Waals surface area (Å²) in [5.74, 6) is -1.01. The lowest BCUT2D eigenvalue weighted by atomic mass is 10.1. The SMILES string of the molecule is CC(C)/C=C(/C#N)CC(=O)[O-]. The summed E-state index contributed by atoms with van der Waals surface area (Å²) >= 11 is 0. The Bertz CT molecular complexity index is 211. The predicted molar refractivity (Wildman–Crippen MR) is 38.2 cm³/mol. The average molecular weight is 152 g/mol. The molecule has 0 radical (unpaired) electrons. The van der Waals surface area contributed by atoms with Crippen molar-refractivity contribution >= 4 is 5.97 Å². The van der Waals surface area contributed by atoms with Crippen LogP contribution < -0.4 is 5.11 Å². The summed E-state index contributed by atoms with van der Waals surface area (Å²) in [4.78, 5) is 10.0. The molecule has 0 heterocycles. The Morgan fingerprint density at radius 2 is 2.27 bits per heavy atom. The molecule has 0 fully saturated rings. The quantitative estimate of drug-likeness (QED) is 0.544. The van der Waals surface area contributed by atoms with E-state index >= 15 is 0 Å². The standard InChI is InChI=1S/C8H11NO2/c1-6(2)3-7(5-9)4-8(10)11/h3,6H,4H2,1-2H3,(H,10,11)/p-1/b7-3+. The van der Waals surface area contributed by atoms with E-state index in [0.29, 0.717) is 0 Å². The van der Waals surface area contributed by atoms with Crippen LogP contribution >= 0.6 is 0 Å². The summed E-state index contributed by atoms with van der Waals surface area (Å²) in [5, 5.41) is 18.5. The topological polar surface area (TPSA) is 63.9 Å². The molecule has 0 amide bonds. The van der Waals surface area contributed by atoms with Gasteiger partial charge < -0.3 is 9.90 Å². The number of nitriles is 1. The summed E-state index contributed by atoms with van der Waals surface area (Å²) in [6.07, 6.45) is 1.34. The second kappa shape index (κ2) is 4.51. The summed E-state index contributed by atoms with van der Waals surface area (Å²) in [6, 6.07) is 1.80. The van der Waals surface area contributed by atoms with Crippen molar-refractivity contribution in [3.05, 3.63) is 11.6 Å². The molecule has 3 heteroatoms. The second-order valence-electron chi connectivity index (χ2n) is 2.60. The number of allylic oxidation sites excluding steroid dienone is 1. The van der Waals surface area contributed by atoms with E-state index in [2.05, 4.69) is 0 Å². The van der Waals surface area contributed by atoms with Gasteiger partial charge in [-0.05, 0) is 5.92 Å². The van der Waals surface area contributed by atoms with E-state index in [1.165, 1.54) is 0 Å². The number of aliphatic carboxylic acids is 1. The van der Waals surface area contributed by atoms with Gasteiger partial charge in [0.25, 0.3) is 0 Å². The molecule has 3 nitrogen and oxygen atoms in total. The van der Waals surface area contributed by atoms with Gasteiger partial charge in [0.1, 0.15) is 0 Å². The van der Waals surface area contributed by atoms with Gasteiger partial charge in [0.05, 0.1) is 6.07 Å². The van der Waals surface area contributed by atoms with E-state index < -0.39 is 5.97 Å². The maximum atomic E-state index is 10.0. The minimum atomic E-state index is -1.21. The molecule has 0 N–H and O–H groups in total. The zero-order chi connectivity index (χ0) is 8.85. The first-order valence-corrected chi connectivity index (χ1v) is 3.37. The summed E-state index contributed by atoms with van der Waals surface area (Å²) < 4.78 is 0. The lowest BCUT2D eigenvalue weighted by molar-refractivity contribution is -0.304. The van der Waals surface area contributed by atoms with Crippen LogP contribution in [-0.4, -0.2) is 5.97 Å². The van der Waals surface area contributed by atoms with E-state index in [4.69, 9.17) is 5.26 Å². The van der Waals surface area contributed by atoms with Gasteiger partial charge in [-0.3, -0.25) is 0 Å². The first-order chi connectivity index (χ1) is 5.06. The zero-order valence-corrected chi connectivity index (χ0v) is 6.63. The average Bonchev–Trinajstić information content (AvgIpc) is 1.84. The van der Waals surface area contributed by atoms with E-state index in [1.54, 1.807) is 12.1 Å². The first-order valence-electron chi connectivity index (χ1n) is 3.37. The molecule has 0 rings (SSSR count). The van der Waals surface area contributed by atoms with Gasteiger partial charge in [0.2, 0.25) is 0 Å². The highest BCUT2D eigenvalue weighted by Crippen LogP contribution is 2.04. The van der Waals surface area contributed by atoms with Gasteiger partial charge in [0.15, 0.2) is 0 Å². The van der Waals surface area contributed by atoms with Crippen molar-refractivity contribution in [2.24, 2.45) is 5.92 Å². The Kier molecular flexibility index (Phi) is 3.97. The van der Waals surface area contributed by atoms with Gasteiger partial charge in [0, 0.05) is 18.0 Å². The van der Waals surface area contributed by atoms with Gasteiger partial charge >= 0.3 is 0 Å². The van der Waals surface area contributed by atoms with E-state index in [9.17, 15) is 9.90 Å². The number of carbonyl (C=O) groups excluding carboxylic acids is 1. The van der Waals surface area contributed by atoms with Gasteiger partial charge in [-0.25, -0.2) is 0 Å². The predicted octanol–water partition coefficient (Wildman–Crippen LogP) is 0.232. The third-order valence-electron chi connectivity index (χ3n) is 1.01. The molecule has 0 aromatic carbocycles. The summed E-state index contributed by atoms with van der Waals surface area (Å²) in [5.41, 5.74) is 0.264. The molecule has 0 spiro atoms. The normalized spacial score (nSPS) is 11.3. The Morgan fingerprint density at radius 3 is 2.55 bits per heavy atom. The maximum absolute atomic E-state index is 10.0. The number of carboxylic acids is 1. The van der Waals surface area contributed by atoms with Crippen molar-refractivity contribution in [2.45, 2.75) is 20.3 Å². The van der Waals surface area contributed by atoms with Crippen LogP contribution in [0.15, 0.2) is 11.6 Å². The Morgan fingerprint density at radius 1 is 1.73 bits per heavy atom. The highest BCUT2D eigenvalue weighted by atomic mass is 16.4. The zero-order valence-electron chi connectivity index (χ0n) is 6.63. The van der Waals surface area contributed by atoms with E-state index in [0.717, 1.165) is 0 Å².